The lowest BCUT2D eigenvalue weighted by atomic mass is 10.1. The summed E-state index contributed by atoms with van der Waals surface area (Å²) in [5, 5.41) is -0.0646. The van der Waals surface area contributed by atoms with Gasteiger partial charge in [0.05, 0.1) is 17.0 Å². The van der Waals surface area contributed by atoms with Crippen LogP contribution in [0.15, 0.2) is 56.3 Å². The van der Waals surface area contributed by atoms with Crippen LogP contribution >= 0.6 is 39.3 Å². The van der Waals surface area contributed by atoms with E-state index in [-0.39, 0.29) is 18.2 Å². The maximum Gasteiger partial charge on any atom is 0.293 e. The average molecular weight is 537 g/mol. The van der Waals surface area contributed by atoms with Crippen molar-refractivity contribution < 1.29 is 27.9 Å². The largest absolute Gasteiger partial charge is 0.457 e. The monoisotopic (exact) mass is 535 g/mol. The molecule has 5 rings (SSSR count). The number of carbonyl (C=O) groups excluding carboxylic acids is 2. The second-order valence-electron chi connectivity index (χ2n) is 6.89. The van der Waals surface area contributed by atoms with E-state index in [1.807, 2.05) is 0 Å². The summed E-state index contributed by atoms with van der Waals surface area (Å²) in [4.78, 5) is 26.6. The Balaban J connectivity index is 1.37. The van der Waals surface area contributed by atoms with Crippen molar-refractivity contribution in [2.75, 3.05) is 6.79 Å². The molecular weight excluding hydrogens is 525 g/mol. The third-order valence-electron chi connectivity index (χ3n) is 4.84. The van der Waals surface area contributed by atoms with Crippen LogP contribution in [0.1, 0.15) is 11.3 Å². The molecule has 0 spiro atoms. The number of ether oxygens (including phenoxy) is 2. The van der Waals surface area contributed by atoms with Gasteiger partial charge in [-0.05, 0) is 53.7 Å². The Morgan fingerprint density at radius 3 is 2.69 bits per heavy atom. The van der Waals surface area contributed by atoms with E-state index in [9.17, 15) is 14.0 Å². The molecule has 0 unspecified atom stereocenters. The summed E-state index contributed by atoms with van der Waals surface area (Å²) in [5.41, 5.74) is 0.851. The van der Waals surface area contributed by atoms with Crippen LogP contribution in [0.5, 0.6) is 11.5 Å². The SMILES string of the molecule is O=C1S/C(=C/c2ccc(-c3ccc(Br)cc3F)o2)C(=O)N1Cc1cc2c(cc1Cl)OCO2. The van der Waals surface area contributed by atoms with E-state index >= 15 is 0 Å². The predicted octanol–water partition coefficient (Wildman–Crippen LogP) is 6.47. The summed E-state index contributed by atoms with van der Waals surface area (Å²) in [7, 11) is 0. The van der Waals surface area contributed by atoms with Crippen molar-refractivity contribution in [1.29, 1.82) is 0 Å². The average Bonchev–Trinajstić information content (AvgIpc) is 3.45. The summed E-state index contributed by atoms with van der Waals surface area (Å²) in [6.07, 6.45) is 1.46. The predicted molar refractivity (Wildman–Crippen MR) is 121 cm³/mol. The van der Waals surface area contributed by atoms with E-state index in [1.165, 1.54) is 12.1 Å². The summed E-state index contributed by atoms with van der Waals surface area (Å²) in [6, 6.07) is 11.1. The molecule has 162 valence electrons. The summed E-state index contributed by atoms with van der Waals surface area (Å²) < 4.78 is 31.1. The zero-order chi connectivity index (χ0) is 22.4. The molecule has 1 fully saturated rings. The van der Waals surface area contributed by atoms with Crippen molar-refractivity contribution >= 4 is 56.5 Å². The first-order valence-electron chi connectivity index (χ1n) is 9.28. The zero-order valence-corrected chi connectivity index (χ0v) is 19.2. The topological polar surface area (TPSA) is 69.0 Å². The van der Waals surface area contributed by atoms with Gasteiger partial charge in [-0.3, -0.25) is 14.5 Å². The Hall–Kier alpha value is -2.75. The lowest BCUT2D eigenvalue weighted by Crippen LogP contribution is -2.27. The van der Waals surface area contributed by atoms with Gasteiger partial charge in [0.25, 0.3) is 11.1 Å². The number of imide groups is 1. The Labute approximate surface area is 199 Å². The Kier molecular flexibility index (Phi) is 5.48. The molecule has 0 atom stereocenters. The first-order valence-corrected chi connectivity index (χ1v) is 11.3. The number of benzene rings is 2. The van der Waals surface area contributed by atoms with Gasteiger partial charge < -0.3 is 13.9 Å². The minimum absolute atomic E-state index is 0.00894. The highest BCUT2D eigenvalue weighted by Crippen LogP contribution is 2.39. The molecule has 0 saturated carbocycles. The number of thioether (sulfide) groups is 1. The van der Waals surface area contributed by atoms with Crippen LogP contribution in [-0.2, 0) is 11.3 Å². The Bertz CT molecular complexity index is 1310. The molecule has 0 N–H and O–H groups in total. The van der Waals surface area contributed by atoms with Crippen molar-refractivity contribution in [2.45, 2.75) is 6.54 Å². The molecule has 0 bridgehead atoms. The minimum Gasteiger partial charge on any atom is -0.457 e. The number of halogens is 3. The van der Waals surface area contributed by atoms with Crippen molar-refractivity contribution in [1.82, 2.24) is 4.90 Å². The normalized spacial score (nSPS) is 16.5. The van der Waals surface area contributed by atoms with Gasteiger partial charge in [-0.1, -0.05) is 27.5 Å². The third kappa shape index (κ3) is 3.92. The molecule has 10 heteroatoms. The fraction of sp³-hybridized carbons (Fsp3) is 0.0909. The van der Waals surface area contributed by atoms with E-state index in [1.54, 1.807) is 36.4 Å². The van der Waals surface area contributed by atoms with E-state index < -0.39 is 17.0 Å². The van der Waals surface area contributed by atoms with Crippen molar-refractivity contribution in [2.24, 2.45) is 0 Å². The molecule has 0 aliphatic carbocycles. The van der Waals surface area contributed by atoms with Crippen LogP contribution in [0.3, 0.4) is 0 Å². The summed E-state index contributed by atoms with van der Waals surface area (Å²) >= 11 is 10.3. The molecule has 3 aromatic rings. The van der Waals surface area contributed by atoms with Crippen LogP contribution in [0, 0.1) is 5.82 Å². The van der Waals surface area contributed by atoms with E-state index in [2.05, 4.69) is 15.9 Å². The number of rotatable bonds is 4. The molecule has 1 saturated heterocycles. The standard InChI is InChI=1S/C22H12BrClFNO5S/c23-12-1-3-14(16(25)6-12)17-4-2-13(31-17)7-20-21(27)26(22(28)32-20)9-11-5-18-19(8-15(11)24)30-10-29-18/h1-8H,9-10H2/b20-7+. The molecule has 6 nitrogen and oxygen atoms in total. The minimum atomic E-state index is -0.471. The van der Waals surface area contributed by atoms with Crippen molar-refractivity contribution in [3.05, 3.63) is 74.0 Å². The van der Waals surface area contributed by atoms with Gasteiger partial charge >= 0.3 is 0 Å². The van der Waals surface area contributed by atoms with Crippen molar-refractivity contribution in [3.63, 3.8) is 0 Å². The van der Waals surface area contributed by atoms with E-state index in [0.29, 0.717) is 43.6 Å². The second kappa shape index (κ2) is 8.31. The third-order valence-corrected chi connectivity index (χ3v) is 6.59. The lowest BCUT2D eigenvalue weighted by Gasteiger charge is -2.14. The summed E-state index contributed by atoms with van der Waals surface area (Å²) in [6.45, 7) is 0.0830. The molecular formula is C22H12BrClFNO5S. The van der Waals surface area contributed by atoms with Crippen LogP contribution in [0.2, 0.25) is 5.02 Å². The van der Waals surface area contributed by atoms with Crippen molar-refractivity contribution in [3.8, 4) is 22.8 Å². The summed E-state index contributed by atoms with van der Waals surface area (Å²) in [5.74, 6) is 0.753. The molecule has 2 aromatic carbocycles. The highest BCUT2D eigenvalue weighted by atomic mass is 79.9. The molecule has 2 amide bonds. The fourth-order valence-corrected chi connectivity index (χ4v) is 4.65. The second-order valence-corrected chi connectivity index (χ2v) is 9.21. The van der Waals surface area contributed by atoms with Crippen LogP contribution in [0.4, 0.5) is 9.18 Å². The number of fused-ring (bicyclic) bond motifs is 1. The smallest absolute Gasteiger partial charge is 0.293 e. The van der Waals surface area contributed by atoms with Crippen LogP contribution < -0.4 is 9.47 Å². The Morgan fingerprint density at radius 2 is 1.91 bits per heavy atom. The number of furan rings is 1. The first kappa shape index (κ1) is 21.1. The number of carbonyl (C=O) groups is 2. The first-order chi connectivity index (χ1) is 15.4. The maximum atomic E-state index is 14.2. The molecule has 0 radical (unpaired) electrons. The van der Waals surface area contributed by atoms with Gasteiger partial charge in [-0.2, -0.15) is 0 Å². The molecule has 32 heavy (non-hydrogen) atoms. The van der Waals surface area contributed by atoms with Crippen LogP contribution in [0.25, 0.3) is 17.4 Å². The number of nitrogens with zero attached hydrogens (tertiary/aromatic N) is 1. The van der Waals surface area contributed by atoms with Crippen LogP contribution in [-0.4, -0.2) is 22.8 Å². The number of hydrogen-bond donors (Lipinski definition) is 0. The zero-order valence-electron chi connectivity index (χ0n) is 16.1. The lowest BCUT2D eigenvalue weighted by molar-refractivity contribution is -0.123. The molecule has 2 aliphatic rings. The van der Waals surface area contributed by atoms with Gasteiger partial charge in [0, 0.05) is 21.6 Å². The maximum absolute atomic E-state index is 14.2. The number of amides is 2. The molecule has 2 aliphatic heterocycles. The van der Waals surface area contributed by atoms with E-state index in [0.717, 1.165) is 16.7 Å². The van der Waals surface area contributed by atoms with Gasteiger partial charge in [-0.25, -0.2) is 4.39 Å². The fourth-order valence-electron chi connectivity index (χ4n) is 3.28. The Morgan fingerprint density at radius 1 is 1.12 bits per heavy atom. The number of hydrogen-bond acceptors (Lipinski definition) is 6. The molecule has 3 heterocycles. The van der Waals surface area contributed by atoms with Gasteiger partial charge in [0.15, 0.2) is 11.5 Å². The quantitative estimate of drug-likeness (QED) is 0.356. The highest BCUT2D eigenvalue weighted by molar-refractivity contribution is 9.10. The van der Waals surface area contributed by atoms with Gasteiger partial charge in [-0.15, -0.1) is 0 Å². The van der Waals surface area contributed by atoms with Gasteiger partial charge in [0.1, 0.15) is 17.3 Å². The van der Waals surface area contributed by atoms with Gasteiger partial charge in [0.2, 0.25) is 6.79 Å². The van der Waals surface area contributed by atoms with E-state index in [4.69, 9.17) is 25.5 Å². The highest BCUT2D eigenvalue weighted by Gasteiger charge is 2.36. The molecule has 1 aromatic heterocycles.